The number of aromatic nitrogens is 2. The second-order valence-corrected chi connectivity index (χ2v) is 8.22. The number of hydrogen-bond acceptors (Lipinski definition) is 5. The highest BCUT2D eigenvalue weighted by Crippen LogP contribution is 2.24. The van der Waals surface area contributed by atoms with E-state index in [-0.39, 0.29) is 30.1 Å². The third-order valence-corrected chi connectivity index (χ3v) is 5.42. The minimum absolute atomic E-state index is 0.0237. The molecule has 0 radical (unpaired) electrons. The highest BCUT2D eigenvalue weighted by atomic mass is 16.5. The number of benzene rings is 1. The van der Waals surface area contributed by atoms with Crippen molar-refractivity contribution in [3.05, 3.63) is 40.9 Å². The van der Waals surface area contributed by atoms with Gasteiger partial charge in [-0.05, 0) is 25.2 Å². The Morgan fingerprint density at radius 1 is 1.17 bits per heavy atom. The van der Waals surface area contributed by atoms with Crippen molar-refractivity contribution in [3.63, 3.8) is 0 Å². The fraction of sp³-hybridized carbons (Fsp3) is 0.545. The van der Waals surface area contributed by atoms with Crippen molar-refractivity contribution in [3.8, 4) is 11.4 Å². The molecule has 156 valence electrons. The fourth-order valence-electron chi connectivity index (χ4n) is 3.87. The third-order valence-electron chi connectivity index (χ3n) is 5.42. The molecule has 1 saturated carbocycles. The summed E-state index contributed by atoms with van der Waals surface area (Å²) in [6.07, 6.45) is 5.54. The third kappa shape index (κ3) is 5.43. The Kier molecular flexibility index (Phi) is 7.01. The molecule has 1 aliphatic rings. The zero-order valence-electron chi connectivity index (χ0n) is 17.1. The predicted molar refractivity (Wildman–Crippen MR) is 109 cm³/mol. The molecule has 1 aliphatic carbocycles. The first-order chi connectivity index (χ1) is 14.0. The molecule has 7 heteroatoms. The zero-order chi connectivity index (χ0) is 20.8. The Morgan fingerprint density at radius 2 is 1.86 bits per heavy atom. The van der Waals surface area contributed by atoms with Crippen molar-refractivity contribution in [2.24, 2.45) is 11.8 Å². The topological polar surface area (TPSA) is 94.2 Å². The molecule has 2 aromatic rings. The molecule has 1 aromatic heterocycles. The summed E-state index contributed by atoms with van der Waals surface area (Å²) in [4.78, 5) is 37.9. The summed E-state index contributed by atoms with van der Waals surface area (Å²) >= 11 is 0. The van der Waals surface area contributed by atoms with Crippen LogP contribution in [0.1, 0.15) is 52.4 Å². The molecule has 0 unspecified atom stereocenters. The number of ketones is 1. The van der Waals surface area contributed by atoms with E-state index in [0.717, 1.165) is 32.1 Å². The molecule has 1 heterocycles. The lowest BCUT2D eigenvalue weighted by Gasteiger charge is -2.25. The second-order valence-electron chi connectivity index (χ2n) is 8.22. The maximum Gasteiger partial charge on any atom is 0.442 e. The number of hydrogen-bond donors (Lipinski definition) is 1. The lowest BCUT2D eigenvalue weighted by Crippen LogP contribution is -2.46. The lowest BCUT2D eigenvalue weighted by molar-refractivity contribution is -0.131. The monoisotopic (exact) mass is 399 g/mol. The smallest absolute Gasteiger partial charge is 0.346 e. The van der Waals surface area contributed by atoms with Crippen LogP contribution in [0.15, 0.2) is 39.6 Å². The Morgan fingerprint density at radius 3 is 2.52 bits per heavy atom. The van der Waals surface area contributed by atoms with Gasteiger partial charge >= 0.3 is 5.76 Å². The van der Waals surface area contributed by atoms with E-state index in [0.29, 0.717) is 17.8 Å². The van der Waals surface area contributed by atoms with Crippen LogP contribution in [0.4, 0.5) is 0 Å². The quantitative estimate of drug-likeness (QED) is 0.736. The van der Waals surface area contributed by atoms with E-state index in [1.165, 1.54) is 4.57 Å². The van der Waals surface area contributed by atoms with Gasteiger partial charge in [-0.15, -0.1) is 0 Å². The maximum atomic E-state index is 13.1. The molecular weight excluding hydrogens is 370 g/mol. The summed E-state index contributed by atoms with van der Waals surface area (Å²) in [7, 11) is 0. The summed E-state index contributed by atoms with van der Waals surface area (Å²) in [5, 5.41) is 6.78. The van der Waals surface area contributed by atoms with Gasteiger partial charge in [0.1, 0.15) is 0 Å². The van der Waals surface area contributed by atoms with Gasteiger partial charge in [0.25, 0.3) is 0 Å². The standard InChI is InChI=1S/C22H29N3O4/c1-15(2)13-18(23-21(27)17-11-7-4-8-12-17)19(26)14-25-20(24-29-22(25)28)16-9-5-3-6-10-16/h3,5-6,9-10,15,17-18H,4,7-8,11-14H2,1-2H3,(H,23,27)/t18-/m0/s1. The van der Waals surface area contributed by atoms with Gasteiger partial charge in [0.05, 0.1) is 12.6 Å². The summed E-state index contributed by atoms with van der Waals surface area (Å²) in [5.41, 5.74) is 0.692. The first-order valence-electron chi connectivity index (χ1n) is 10.4. The minimum atomic E-state index is -0.681. The zero-order valence-corrected chi connectivity index (χ0v) is 17.1. The molecule has 29 heavy (non-hydrogen) atoms. The van der Waals surface area contributed by atoms with E-state index in [1.54, 1.807) is 12.1 Å². The summed E-state index contributed by atoms with van der Waals surface area (Å²) in [5.74, 6) is -0.437. The molecule has 1 atom stereocenters. The number of rotatable bonds is 8. The van der Waals surface area contributed by atoms with Crippen molar-refractivity contribution in [2.75, 3.05) is 0 Å². The molecule has 0 bridgehead atoms. The van der Waals surface area contributed by atoms with Gasteiger partial charge in [0, 0.05) is 11.5 Å². The number of amides is 1. The van der Waals surface area contributed by atoms with Crippen molar-refractivity contribution in [1.29, 1.82) is 0 Å². The minimum Gasteiger partial charge on any atom is -0.346 e. The van der Waals surface area contributed by atoms with Crippen molar-refractivity contribution in [1.82, 2.24) is 15.0 Å². The number of Topliss-reactive ketones (excluding diaryl/α,β-unsaturated/α-hetero) is 1. The lowest BCUT2D eigenvalue weighted by atomic mass is 9.88. The van der Waals surface area contributed by atoms with Crippen LogP contribution >= 0.6 is 0 Å². The summed E-state index contributed by atoms with van der Waals surface area (Å²) in [6, 6.07) is 8.48. The molecule has 0 saturated heterocycles. The summed E-state index contributed by atoms with van der Waals surface area (Å²) in [6.45, 7) is 3.83. The largest absolute Gasteiger partial charge is 0.442 e. The van der Waals surface area contributed by atoms with E-state index in [1.807, 2.05) is 32.0 Å². The highest BCUT2D eigenvalue weighted by molar-refractivity contribution is 5.90. The van der Waals surface area contributed by atoms with Crippen LogP contribution in [0.3, 0.4) is 0 Å². The van der Waals surface area contributed by atoms with Gasteiger partial charge in [0.15, 0.2) is 11.6 Å². The Labute approximate surface area is 170 Å². The van der Waals surface area contributed by atoms with Crippen LogP contribution in [0.2, 0.25) is 0 Å². The average Bonchev–Trinajstić information content (AvgIpc) is 3.08. The van der Waals surface area contributed by atoms with Crippen molar-refractivity contribution in [2.45, 2.75) is 65.0 Å². The van der Waals surface area contributed by atoms with E-state index in [4.69, 9.17) is 4.52 Å². The molecule has 1 fully saturated rings. The molecule has 1 aromatic carbocycles. The number of nitrogens with zero attached hydrogens (tertiary/aromatic N) is 2. The molecule has 0 spiro atoms. The van der Waals surface area contributed by atoms with Crippen LogP contribution in [0, 0.1) is 11.8 Å². The number of carbonyl (C=O) groups excluding carboxylic acids is 2. The van der Waals surface area contributed by atoms with Gasteiger partial charge in [0.2, 0.25) is 5.91 Å². The Bertz CT molecular complexity index is 879. The van der Waals surface area contributed by atoms with Crippen LogP contribution in [0.5, 0.6) is 0 Å². The molecule has 1 amide bonds. The summed E-state index contributed by atoms with van der Waals surface area (Å²) < 4.78 is 6.04. The van der Waals surface area contributed by atoms with E-state index in [9.17, 15) is 14.4 Å². The Balaban J connectivity index is 1.76. The molecule has 1 N–H and O–H groups in total. The van der Waals surface area contributed by atoms with Gasteiger partial charge in [-0.1, -0.05) is 68.6 Å². The van der Waals surface area contributed by atoms with Crippen molar-refractivity contribution >= 4 is 11.7 Å². The maximum absolute atomic E-state index is 13.1. The number of nitrogens with one attached hydrogen (secondary N) is 1. The SMILES string of the molecule is CC(C)C[C@H](NC(=O)C1CCCCC1)C(=O)Cn1c(-c2ccccc2)noc1=O. The highest BCUT2D eigenvalue weighted by Gasteiger charge is 2.28. The van der Waals surface area contributed by atoms with Crippen LogP contribution in [-0.4, -0.2) is 27.5 Å². The normalized spacial score (nSPS) is 16.0. The molecule has 7 nitrogen and oxygen atoms in total. The molecule has 3 rings (SSSR count). The van der Waals surface area contributed by atoms with E-state index < -0.39 is 11.8 Å². The van der Waals surface area contributed by atoms with E-state index in [2.05, 4.69) is 10.5 Å². The van der Waals surface area contributed by atoms with Gasteiger partial charge in [-0.2, -0.15) is 0 Å². The fourth-order valence-corrected chi connectivity index (χ4v) is 3.87. The van der Waals surface area contributed by atoms with Crippen molar-refractivity contribution < 1.29 is 14.1 Å². The van der Waals surface area contributed by atoms with Gasteiger partial charge in [-0.3, -0.25) is 14.1 Å². The Hall–Kier alpha value is -2.70. The van der Waals surface area contributed by atoms with E-state index >= 15 is 0 Å². The van der Waals surface area contributed by atoms with Crippen LogP contribution in [-0.2, 0) is 16.1 Å². The first kappa shape index (κ1) is 21.0. The first-order valence-corrected chi connectivity index (χ1v) is 10.4. The van der Waals surface area contributed by atoms with Gasteiger partial charge in [-0.25, -0.2) is 9.36 Å². The van der Waals surface area contributed by atoms with Gasteiger partial charge < -0.3 is 5.32 Å². The molecular formula is C22H29N3O4. The van der Waals surface area contributed by atoms with Crippen LogP contribution in [0.25, 0.3) is 11.4 Å². The average molecular weight is 399 g/mol. The number of carbonyl (C=O) groups is 2. The predicted octanol–water partition coefficient (Wildman–Crippen LogP) is 3.18. The second kappa shape index (κ2) is 9.67. The molecule has 0 aliphatic heterocycles. The van der Waals surface area contributed by atoms with Crippen LogP contribution < -0.4 is 11.1 Å².